The number of likely N-dealkylation sites (N-methyl/N-ethyl adjacent to an activating group) is 1. The third-order valence-electron chi connectivity index (χ3n) is 2.38. The molecular weight excluding hydrogens is 172 g/mol. The second-order valence-electron chi connectivity index (χ2n) is 3.30. The molecule has 1 fully saturated rings. The summed E-state index contributed by atoms with van der Waals surface area (Å²) in [5, 5.41) is 8.83. The molecule has 1 unspecified atom stereocenters. The van der Waals surface area contributed by atoms with Crippen LogP contribution in [0.4, 0.5) is 0 Å². The Bertz CT molecular complexity index is 229. The fraction of sp³-hybridized carbons (Fsp3) is 0.750. The summed E-state index contributed by atoms with van der Waals surface area (Å²) >= 11 is 0. The number of carbonyl (C=O) groups is 2. The largest absolute Gasteiger partial charge is 0.480 e. The summed E-state index contributed by atoms with van der Waals surface area (Å²) in [6, 6.07) is -0.558. The Morgan fingerprint density at radius 1 is 1.38 bits per heavy atom. The molecule has 0 aromatic heterocycles. The maximum Gasteiger partial charge on any atom is 0.322 e. The van der Waals surface area contributed by atoms with Gasteiger partial charge in [0.15, 0.2) is 0 Å². The molecule has 1 saturated heterocycles. The Kier molecular flexibility index (Phi) is 2.87. The molecule has 5 nitrogen and oxygen atoms in total. The average molecular weight is 186 g/mol. The molecule has 13 heavy (non-hydrogen) atoms. The summed E-state index contributed by atoms with van der Waals surface area (Å²) in [6.07, 6.45) is 0. The van der Waals surface area contributed by atoms with Crippen molar-refractivity contribution in [3.8, 4) is 0 Å². The van der Waals surface area contributed by atoms with Crippen LogP contribution in [0.1, 0.15) is 6.92 Å². The fourth-order valence-electron chi connectivity index (χ4n) is 1.43. The second-order valence-corrected chi connectivity index (χ2v) is 3.30. The molecule has 1 heterocycles. The van der Waals surface area contributed by atoms with Crippen molar-refractivity contribution in [2.45, 2.75) is 13.0 Å². The van der Waals surface area contributed by atoms with Gasteiger partial charge in [0.2, 0.25) is 5.91 Å². The Balaban J connectivity index is 2.63. The molecule has 1 rings (SSSR count). The van der Waals surface area contributed by atoms with Crippen LogP contribution >= 0.6 is 0 Å². The number of amides is 1. The Morgan fingerprint density at radius 3 is 2.46 bits per heavy atom. The van der Waals surface area contributed by atoms with Gasteiger partial charge in [0, 0.05) is 26.6 Å². The highest BCUT2D eigenvalue weighted by molar-refractivity contribution is 5.77. The van der Waals surface area contributed by atoms with Gasteiger partial charge >= 0.3 is 5.97 Å². The van der Waals surface area contributed by atoms with Crippen LogP contribution < -0.4 is 0 Å². The summed E-state index contributed by atoms with van der Waals surface area (Å²) in [5.74, 6) is -0.923. The van der Waals surface area contributed by atoms with Gasteiger partial charge in [-0.3, -0.25) is 14.5 Å². The lowest BCUT2D eigenvalue weighted by Crippen LogP contribution is -2.55. The SMILES string of the molecule is CC(=O)N1CCN(C)C(C(=O)O)C1. The molecule has 1 aliphatic rings. The van der Waals surface area contributed by atoms with Crippen LogP contribution in [0.5, 0.6) is 0 Å². The van der Waals surface area contributed by atoms with E-state index in [-0.39, 0.29) is 5.91 Å². The zero-order valence-electron chi connectivity index (χ0n) is 7.86. The molecule has 0 aromatic rings. The minimum Gasteiger partial charge on any atom is -0.480 e. The minimum atomic E-state index is -0.867. The van der Waals surface area contributed by atoms with E-state index in [4.69, 9.17) is 5.11 Å². The number of hydrogen-bond donors (Lipinski definition) is 1. The molecule has 1 amide bonds. The van der Waals surface area contributed by atoms with E-state index < -0.39 is 12.0 Å². The lowest BCUT2D eigenvalue weighted by Gasteiger charge is -2.36. The van der Waals surface area contributed by atoms with Crippen LogP contribution in [0.15, 0.2) is 0 Å². The minimum absolute atomic E-state index is 0.0562. The summed E-state index contributed by atoms with van der Waals surface area (Å²) in [5.41, 5.74) is 0. The first kappa shape index (κ1) is 9.98. The van der Waals surface area contributed by atoms with Crippen LogP contribution in [-0.4, -0.2) is 59.5 Å². The monoisotopic (exact) mass is 186 g/mol. The lowest BCUT2D eigenvalue weighted by atomic mass is 10.2. The maximum atomic E-state index is 11.0. The van der Waals surface area contributed by atoms with Gasteiger partial charge in [-0.1, -0.05) is 0 Å². The molecule has 0 bridgehead atoms. The maximum absolute atomic E-state index is 11.0. The van der Waals surface area contributed by atoms with Gasteiger partial charge in [0.05, 0.1) is 0 Å². The third kappa shape index (κ3) is 2.18. The van der Waals surface area contributed by atoms with Crippen molar-refractivity contribution in [1.29, 1.82) is 0 Å². The van der Waals surface area contributed by atoms with E-state index >= 15 is 0 Å². The van der Waals surface area contributed by atoms with Gasteiger partial charge in [-0.15, -0.1) is 0 Å². The van der Waals surface area contributed by atoms with Gasteiger partial charge in [-0.25, -0.2) is 0 Å². The smallest absolute Gasteiger partial charge is 0.322 e. The number of carboxylic acid groups (broad SMARTS) is 1. The summed E-state index contributed by atoms with van der Waals surface area (Å²) in [4.78, 5) is 25.1. The predicted octanol–water partition coefficient (Wildman–Crippen LogP) is -0.766. The van der Waals surface area contributed by atoms with E-state index in [1.165, 1.54) is 6.92 Å². The van der Waals surface area contributed by atoms with E-state index in [9.17, 15) is 9.59 Å². The van der Waals surface area contributed by atoms with Gasteiger partial charge in [0.25, 0.3) is 0 Å². The molecule has 0 radical (unpaired) electrons. The molecule has 0 aliphatic carbocycles. The highest BCUT2D eigenvalue weighted by Crippen LogP contribution is 2.07. The number of nitrogens with zero attached hydrogens (tertiary/aromatic N) is 2. The highest BCUT2D eigenvalue weighted by atomic mass is 16.4. The van der Waals surface area contributed by atoms with Gasteiger partial charge in [0.1, 0.15) is 6.04 Å². The van der Waals surface area contributed by atoms with Crippen molar-refractivity contribution in [2.75, 3.05) is 26.7 Å². The van der Waals surface area contributed by atoms with E-state index in [0.29, 0.717) is 19.6 Å². The topological polar surface area (TPSA) is 60.9 Å². The second kappa shape index (κ2) is 3.74. The van der Waals surface area contributed by atoms with E-state index in [0.717, 1.165) is 0 Å². The number of piperazine rings is 1. The van der Waals surface area contributed by atoms with E-state index in [1.54, 1.807) is 16.8 Å². The standard InChI is InChI=1S/C8H14N2O3/c1-6(11)10-4-3-9(2)7(5-10)8(12)13/h7H,3-5H2,1-2H3,(H,12,13). The first-order chi connectivity index (χ1) is 6.02. The molecule has 5 heteroatoms. The summed E-state index contributed by atoms with van der Waals surface area (Å²) in [7, 11) is 1.76. The average Bonchev–Trinajstić information content (AvgIpc) is 2.04. The Hall–Kier alpha value is -1.10. The van der Waals surface area contributed by atoms with Gasteiger partial charge < -0.3 is 10.0 Å². The van der Waals surface area contributed by atoms with Gasteiger partial charge in [-0.05, 0) is 7.05 Å². The van der Waals surface area contributed by atoms with Crippen LogP contribution in [0.2, 0.25) is 0 Å². The summed E-state index contributed by atoms with van der Waals surface area (Å²) < 4.78 is 0. The zero-order valence-corrected chi connectivity index (χ0v) is 7.86. The molecule has 1 aliphatic heterocycles. The zero-order chi connectivity index (χ0) is 10.0. The molecule has 0 aromatic carbocycles. The van der Waals surface area contributed by atoms with Crippen LogP contribution in [0, 0.1) is 0 Å². The lowest BCUT2D eigenvalue weighted by molar-refractivity contribution is -0.147. The van der Waals surface area contributed by atoms with Crippen LogP contribution in [0.3, 0.4) is 0 Å². The van der Waals surface area contributed by atoms with Crippen molar-refractivity contribution in [3.63, 3.8) is 0 Å². The molecule has 0 spiro atoms. The number of rotatable bonds is 1. The molecule has 1 N–H and O–H groups in total. The molecule has 1 atom stereocenters. The first-order valence-electron chi connectivity index (χ1n) is 4.21. The predicted molar refractivity (Wildman–Crippen MR) is 46.3 cm³/mol. The quantitative estimate of drug-likeness (QED) is 0.584. The van der Waals surface area contributed by atoms with E-state index in [1.807, 2.05) is 0 Å². The van der Waals surface area contributed by atoms with Crippen LogP contribution in [0.25, 0.3) is 0 Å². The molecule has 0 saturated carbocycles. The number of hydrogen-bond acceptors (Lipinski definition) is 3. The normalized spacial score (nSPS) is 24.5. The number of carbonyl (C=O) groups excluding carboxylic acids is 1. The summed E-state index contributed by atoms with van der Waals surface area (Å²) in [6.45, 7) is 3.00. The van der Waals surface area contributed by atoms with E-state index in [2.05, 4.69) is 0 Å². The first-order valence-corrected chi connectivity index (χ1v) is 4.21. The highest BCUT2D eigenvalue weighted by Gasteiger charge is 2.30. The molecular formula is C8H14N2O3. The number of aliphatic carboxylic acids is 1. The van der Waals surface area contributed by atoms with Crippen LogP contribution in [-0.2, 0) is 9.59 Å². The van der Waals surface area contributed by atoms with Crippen molar-refractivity contribution in [1.82, 2.24) is 9.80 Å². The van der Waals surface area contributed by atoms with Gasteiger partial charge in [-0.2, -0.15) is 0 Å². The molecule has 74 valence electrons. The fourth-order valence-corrected chi connectivity index (χ4v) is 1.43. The third-order valence-corrected chi connectivity index (χ3v) is 2.38. The van der Waals surface area contributed by atoms with Crippen molar-refractivity contribution < 1.29 is 14.7 Å². The van der Waals surface area contributed by atoms with Crippen molar-refractivity contribution >= 4 is 11.9 Å². The Morgan fingerprint density at radius 2 is 2.00 bits per heavy atom. The Labute approximate surface area is 76.9 Å². The number of carboxylic acids is 1. The van der Waals surface area contributed by atoms with Crippen molar-refractivity contribution in [2.24, 2.45) is 0 Å². The van der Waals surface area contributed by atoms with Crippen molar-refractivity contribution in [3.05, 3.63) is 0 Å².